The van der Waals surface area contributed by atoms with Crippen LogP contribution < -0.4 is 5.32 Å². The van der Waals surface area contributed by atoms with Crippen LogP contribution in [0.25, 0.3) is 0 Å². The summed E-state index contributed by atoms with van der Waals surface area (Å²) in [6, 6.07) is 0.00676. The number of nitrogens with one attached hydrogen (secondary N) is 1. The third-order valence-corrected chi connectivity index (χ3v) is 2.55. The predicted molar refractivity (Wildman–Crippen MR) is 58.4 cm³/mol. The Morgan fingerprint density at radius 1 is 1.25 bits per heavy atom. The van der Waals surface area contributed by atoms with Crippen molar-refractivity contribution in [3.8, 4) is 0 Å². The van der Waals surface area contributed by atoms with Gasteiger partial charge in [0, 0.05) is 6.04 Å². The summed E-state index contributed by atoms with van der Waals surface area (Å²) in [7, 11) is 0. The lowest BCUT2D eigenvalue weighted by Gasteiger charge is -2.24. The van der Waals surface area contributed by atoms with Crippen LogP contribution in [0.5, 0.6) is 0 Å². The van der Waals surface area contributed by atoms with Gasteiger partial charge in [-0.05, 0) is 18.9 Å². The van der Waals surface area contributed by atoms with E-state index in [0.717, 1.165) is 19.4 Å². The molecule has 0 saturated carbocycles. The summed E-state index contributed by atoms with van der Waals surface area (Å²) in [6.07, 6.45) is -2.34. The summed E-state index contributed by atoms with van der Waals surface area (Å²) in [4.78, 5) is 0. The molecule has 0 aliphatic heterocycles. The van der Waals surface area contributed by atoms with Gasteiger partial charge in [-0.2, -0.15) is 13.2 Å². The standard InChI is InChI=1S/C11H22F3NO/c1-4-6-15-10(9(3)5-2)7-16-8-11(12,13)14/h9-10,15H,4-8H2,1-3H3. The summed E-state index contributed by atoms with van der Waals surface area (Å²) in [5.41, 5.74) is 0. The van der Waals surface area contributed by atoms with E-state index >= 15 is 0 Å². The van der Waals surface area contributed by atoms with Crippen LogP contribution in [0.3, 0.4) is 0 Å². The molecule has 2 atom stereocenters. The number of ether oxygens (including phenoxy) is 1. The van der Waals surface area contributed by atoms with E-state index in [9.17, 15) is 13.2 Å². The highest BCUT2D eigenvalue weighted by atomic mass is 19.4. The number of alkyl halides is 3. The second-order valence-electron chi connectivity index (χ2n) is 4.08. The van der Waals surface area contributed by atoms with Crippen molar-refractivity contribution < 1.29 is 17.9 Å². The zero-order valence-electron chi connectivity index (χ0n) is 10.2. The molecule has 0 rings (SSSR count). The summed E-state index contributed by atoms with van der Waals surface area (Å²) in [5, 5.41) is 3.21. The fourth-order valence-electron chi connectivity index (χ4n) is 1.34. The molecule has 1 N–H and O–H groups in total. The molecule has 0 aromatic carbocycles. The van der Waals surface area contributed by atoms with Crippen molar-refractivity contribution in [1.82, 2.24) is 5.32 Å². The number of hydrogen-bond donors (Lipinski definition) is 1. The van der Waals surface area contributed by atoms with Crippen molar-refractivity contribution in [3.05, 3.63) is 0 Å². The van der Waals surface area contributed by atoms with Gasteiger partial charge in [-0.1, -0.05) is 27.2 Å². The first-order valence-electron chi connectivity index (χ1n) is 5.78. The quantitative estimate of drug-likeness (QED) is 0.705. The SMILES string of the molecule is CCCNC(COCC(F)(F)F)C(C)CC. The van der Waals surface area contributed by atoms with Crippen LogP contribution >= 0.6 is 0 Å². The second kappa shape index (κ2) is 7.90. The molecule has 0 saturated heterocycles. The molecule has 0 bridgehead atoms. The Morgan fingerprint density at radius 2 is 1.88 bits per heavy atom. The molecule has 0 amide bonds. The van der Waals surface area contributed by atoms with Crippen LogP contribution in [0.4, 0.5) is 13.2 Å². The van der Waals surface area contributed by atoms with Crippen molar-refractivity contribution in [1.29, 1.82) is 0 Å². The van der Waals surface area contributed by atoms with Gasteiger partial charge >= 0.3 is 6.18 Å². The minimum Gasteiger partial charge on any atom is -0.370 e. The van der Waals surface area contributed by atoms with Gasteiger partial charge in [-0.3, -0.25) is 0 Å². The molecule has 5 heteroatoms. The van der Waals surface area contributed by atoms with Crippen molar-refractivity contribution >= 4 is 0 Å². The van der Waals surface area contributed by atoms with Crippen LogP contribution in [0.15, 0.2) is 0 Å². The summed E-state index contributed by atoms with van der Waals surface area (Å²) in [5.74, 6) is 0.319. The van der Waals surface area contributed by atoms with Crippen molar-refractivity contribution in [3.63, 3.8) is 0 Å². The monoisotopic (exact) mass is 241 g/mol. The van der Waals surface area contributed by atoms with E-state index in [4.69, 9.17) is 4.74 Å². The van der Waals surface area contributed by atoms with Crippen LogP contribution in [0, 0.1) is 5.92 Å². The molecule has 0 aromatic heterocycles. The van der Waals surface area contributed by atoms with Gasteiger partial charge in [0.05, 0.1) is 6.61 Å². The molecule has 16 heavy (non-hydrogen) atoms. The molecule has 0 radical (unpaired) electrons. The minimum atomic E-state index is -4.23. The Kier molecular flexibility index (Phi) is 7.76. The average molecular weight is 241 g/mol. The first kappa shape index (κ1) is 15.7. The van der Waals surface area contributed by atoms with E-state index in [1.807, 2.05) is 20.8 Å². The topological polar surface area (TPSA) is 21.3 Å². The highest BCUT2D eigenvalue weighted by molar-refractivity contribution is 4.72. The molecular weight excluding hydrogens is 219 g/mol. The lowest BCUT2D eigenvalue weighted by molar-refractivity contribution is -0.176. The molecule has 98 valence electrons. The second-order valence-corrected chi connectivity index (χ2v) is 4.08. The van der Waals surface area contributed by atoms with E-state index in [1.165, 1.54) is 0 Å². The Labute approximate surface area is 95.5 Å². The van der Waals surface area contributed by atoms with Gasteiger partial charge in [-0.15, -0.1) is 0 Å². The lowest BCUT2D eigenvalue weighted by atomic mass is 10.00. The lowest BCUT2D eigenvalue weighted by Crippen LogP contribution is -2.40. The van der Waals surface area contributed by atoms with E-state index in [1.54, 1.807) is 0 Å². The molecule has 0 aliphatic rings. The fourth-order valence-corrected chi connectivity index (χ4v) is 1.34. The third kappa shape index (κ3) is 7.93. The van der Waals surface area contributed by atoms with Crippen LogP contribution in [0.1, 0.15) is 33.6 Å². The van der Waals surface area contributed by atoms with Crippen LogP contribution in [-0.4, -0.2) is 32.0 Å². The molecule has 2 unspecified atom stereocenters. The highest BCUT2D eigenvalue weighted by Gasteiger charge is 2.28. The maximum atomic E-state index is 11.9. The molecule has 0 heterocycles. The van der Waals surface area contributed by atoms with E-state index in [-0.39, 0.29) is 12.6 Å². The molecule has 2 nitrogen and oxygen atoms in total. The summed E-state index contributed by atoms with van der Waals surface area (Å²) in [6.45, 7) is 5.84. The Hall–Kier alpha value is -0.290. The van der Waals surface area contributed by atoms with Gasteiger partial charge in [0.2, 0.25) is 0 Å². The van der Waals surface area contributed by atoms with Crippen LogP contribution in [0.2, 0.25) is 0 Å². The van der Waals surface area contributed by atoms with Gasteiger partial charge in [-0.25, -0.2) is 0 Å². The molecule has 0 fully saturated rings. The maximum absolute atomic E-state index is 11.9. The Bertz CT molecular complexity index is 173. The zero-order chi connectivity index (χ0) is 12.6. The number of halogens is 3. The fraction of sp³-hybridized carbons (Fsp3) is 1.00. The third-order valence-electron chi connectivity index (χ3n) is 2.55. The average Bonchev–Trinajstić information content (AvgIpc) is 2.20. The molecule has 0 aromatic rings. The predicted octanol–water partition coefficient (Wildman–Crippen LogP) is 2.98. The smallest absolute Gasteiger partial charge is 0.370 e. The minimum absolute atomic E-state index is 0.00676. The van der Waals surface area contributed by atoms with E-state index < -0.39 is 12.8 Å². The van der Waals surface area contributed by atoms with E-state index in [0.29, 0.717) is 5.92 Å². The van der Waals surface area contributed by atoms with Crippen molar-refractivity contribution in [2.24, 2.45) is 5.92 Å². The van der Waals surface area contributed by atoms with Gasteiger partial charge in [0.25, 0.3) is 0 Å². The maximum Gasteiger partial charge on any atom is 0.411 e. The van der Waals surface area contributed by atoms with Crippen molar-refractivity contribution in [2.45, 2.75) is 45.8 Å². The summed E-state index contributed by atoms with van der Waals surface area (Å²) >= 11 is 0. The number of hydrogen-bond acceptors (Lipinski definition) is 2. The molecule has 0 spiro atoms. The van der Waals surface area contributed by atoms with Gasteiger partial charge in [0.1, 0.15) is 6.61 Å². The number of rotatable bonds is 8. The molecule has 0 aliphatic carbocycles. The first-order valence-corrected chi connectivity index (χ1v) is 5.78. The van der Waals surface area contributed by atoms with Gasteiger partial charge in [0.15, 0.2) is 0 Å². The normalized spacial score (nSPS) is 16.1. The van der Waals surface area contributed by atoms with E-state index in [2.05, 4.69) is 5.32 Å². The zero-order valence-corrected chi connectivity index (χ0v) is 10.2. The van der Waals surface area contributed by atoms with Crippen molar-refractivity contribution in [2.75, 3.05) is 19.8 Å². The highest BCUT2D eigenvalue weighted by Crippen LogP contribution is 2.15. The Balaban J connectivity index is 3.91. The largest absolute Gasteiger partial charge is 0.411 e. The summed E-state index contributed by atoms with van der Waals surface area (Å²) < 4.78 is 40.4. The first-order chi connectivity index (χ1) is 7.40. The molecular formula is C11H22F3NO. The van der Waals surface area contributed by atoms with Gasteiger partial charge < -0.3 is 10.1 Å². The Morgan fingerprint density at radius 3 is 2.31 bits per heavy atom. The van der Waals surface area contributed by atoms with Crippen LogP contribution in [-0.2, 0) is 4.74 Å².